The van der Waals surface area contributed by atoms with Crippen molar-refractivity contribution in [3.63, 3.8) is 0 Å². The number of rotatable bonds is 6. The fraction of sp³-hybridized carbons (Fsp3) is 0.100. The number of carbonyl (C=O) groups excluding carboxylic acids is 2. The Morgan fingerprint density at radius 2 is 1.50 bits per heavy atom. The molecule has 0 N–H and O–H groups in total. The zero-order valence-electron chi connectivity index (χ0n) is 13.4. The van der Waals surface area contributed by atoms with Gasteiger partial charge in [0.15, 0.2) is 0 Å². The van der Waals surface area contributed by atoms with Gasteiger partial charge in [0.2, 0.25) is 0 Å². The lowest BCUT2D eigenvalue weighted by atomic mass is 10.1. The van der Waals surface area contributed by atoms with Crippen LogP contribution in [0.15, 0.2) is 48.5 Å². The third-order valence-corrected chi connectivity index (χ3v) is 3.44. The standard InChI is InChI=1S/C20H12Cl2O4/c21-19(23)15-10-11-17(20(22)24)18(14-15)26-13-7-2-1-6-12-25-16-8-4-3-5-9-16/h3-5,8-11,14H,12-13H2. The predicted octanol–water partition coefficient (Wildman–Crippen LogP) is 3.91. The van der Waals surface area contributed by atoms with Gasteiger partial charge >= 0.3 is 0 Å². The molecule has 0 aliphatic carbocycles. The van der Waals surface area contributed by atoms with Crippen LogP contribution in [0.1, 0.15) is 20.7 Å². The highest BCUT2D eigenvalue weighted by Gasteiger charge is 2.13. The summed E-state index contributed by atoms with van der Waals surface area (Å²) in [4.78, 5) is 22.6. The van der Waals surface area contributed by atoms with Crippen LogP contribution in [0.5, 0.6) is 11.5 Å². The summed E-state index contributed by atoms with van der Waals surface area (Å²) in [6, 6.07) is 13.4. The van der Waals surface area contributed by atoms with Gasteiger partial charge in [0.1, 0.15) is 24.7 Å². The van der Waals surface area contributed by atoms with Gasteiger partial charge in [-0.1, -0.05) is 18.2 Å². The summed E-state index contributed by atoms with van der Waals surface area (Å²) in [6.45, 7) is 0.176. The van der Waals surface area contributed by atoms with Gasteiger partial charge in [-0.15, -0.1) is 0 Å². The van der Waals surface area contributed by atoms with Gasteiger partial charge in [0.25, 0.3) is 10.5 Å². The Balaban J connectivity index is 1.89. The zero-order chi connectivity index (χ0) is 18.8. The average Bonchev–Trinajstić information content (AvgIpc) is 2.64. The van der Waals surface area contributed by atoms with Crippen LogP contribution in [0, 0.1) is 23.7 Å². The molecule has 0 aliphatic heterocycles. The van der Waals surface area contributed by atoms with Gasteiger partial charge in [-0.3, -0.25) is 9.59 Å². The van der Waals surface area contributed by atoms with Crippen molar-refractivity contribution in [1.29, 1.82) is 0 Å². The fourth-order valence-corrected chi connectivity index (χ4v) is 2.11. The summed E-state index contributed by atoms with van der Waals surface area (Å²) < 4.78 is 10.8. The molecule has 0 aromatic heterocycles. The maximum atomic E-state index is 11.4. The first kappa shape index (κ1) is 19.4. The first-order valence-corrected chi connectivity index (χ1v) is 8.13. The molecule has 0 saturated heterocycles. The molecule has 4 nitrogen and oxygen atoms in total. The molecule has 26 heavy (non-hydrogen) atoms. The van der Waals surface area contributed by atoms with Gasteiger partial charge in [0, 0.05) is 5.56 Å². The smallest absolute Gasteiger partial charge is 0.256 e. The molecule has 0 heterocycles. The quantitative estimate of drug-likeness (QED) is 0.557. The molecule has 0 atom stereocenters. The van der Waals surface area contributed by atoms with Crippen LogP contribution in [0.3, 0.4) is 0 Å². The summed E-state index contributed by atoms with van der Waals surface area (Å²) >= 11 is 10.9. The summed E-state index contributed by atoms with van der Waals surface area (Å²) in [5.74, 6) is 11.5. The van der Waals surface area contributed by atoms with Crippen LogP contribution in [0.25, 0.3) is 0 Å². The molecule has 0 spiro atoms. The van der Waals surface area contributed by atoms with Crippen LogP contribution in [0.4, 0.5) is 0 Å². The van der Waals surface area contributed by atoms with Gasteiger partial charge < -0.3 is 9.47 Å². The molecule has 0 amide bonds. The Hall–Kier alpha value is -2.92. The van der Waals surface area contributed by atoms with Crippen molar-refractivity contribution < 1.29 is 19.1 Å². The lowest BCUT2D eigenvalue weighted by molar-refractivity contribution is 0.106. The molecular weight excluding hydrogens is 375 g/mol. The topological polar surface area (TPSA) is 52.6 Å². The molecule has 130 valence electrons. The normalized spacial score (nSPS) is 9.15. The second kappa shape index (κ2) is 10.2. The van der Waals surface area contributed by atoms with Crippen molar-refractivity contribution in [2.75, 3.05) is 13.2 Å². The summed E-state index contributed by atoms with van der Waals surface area (Å²) in [5, 5.41) is -1.38. The fourth-order valence-electron chi connectivity index (χ4n) is 1.84. The maximum absolute atomic E-state index is 11.4. The van der Waals surface area contributed by atoms with Crippen LogP contribution >= 0.6 is 23.2 Å². The van der Waals surface area contributed by atoms with Gasteiger partial charge in [-0.05, 0) is 77.2 Å². The lowest BCUT2D eigenvalue weighted by Gasteiger charge is -2.07. The number of para-hydroxylation sites is 1. The van der Waals surface area contributed by atoms with E-state index in [2.05, 4.69) is 23.7 Å². The highest BCUT2D eigenvalue weighted by molar-refractivity contribution is 6.68. The number of halogens is 2. The Bertz CT molecular complexity index is 916. The van der Waals surface area contributed by atoms with E-state index in [1.54, 1.807) is 0 Å². The molecule has 0 unspecified atom stereocenters. The predicted molar refractivity (Wildman–Crippen MR) is 99.8 cm³/mol. The van der Waals surface area contributed by atoms with E-state index in [1.165, 1.54) is 18.2 Å². The first-order valence-electron chi connectivity index (χ1n) is 7.38. The third-order valence-electron chi connectivity index (χ3n) is 3.01. The molecule has 0 bridgehead atoms. The van der Waals surface area contributed by atoms with Gasteiger partial charge in [-0.2, -0.15) is 0 Å². The van der Waals surface area contributed by atoms with Crippen LogP contribution in [0.2, 0.25) is 0 Å². The molecule has 0 radical (unpaired) electrons. The molecule has 0 saturated carbocycles. The van der Waals surface area contributed by atoms with Crippen molar-refractivity contribution >= 4 is 33.7 Å². The van der Waals surface area contributed by atoms with E-state index in [0.717, 1.165) is 5.75 Å². The minimum Gasteiger partial charge on any atom is -0.481 e. The zero-order valence-corrected chi connectivity index (χ0v) is 14.9. The lowest BCUT2D eigenvalue weighted by Crippen LogP contribution is -2.02. The molecule has 0 fully saturated rings. The highest BCUT2D eigenvalue weighted by atomic mass is 35.5. The van der Waals surface area contributed by atoms with Gasteiger partial charge in [-0.25, -0.2) is 0 Å². The van der Waals surface area contributed by atoms with E-state index in [9.17, 15) is 9.59 Å². The Labute approximate surface area is 161 Å². The van der Waals surface area contributed by atoms with Crippen LogP contribution in [-0.2, 0) is 0 Å². The van der Waals surface area contributed by atoms with E-state index in [4.69, 9.17) is 32.7 Å². The molecule has 0 aliphatic rings. The van der Waals surface area contributed by atoms with E-state index in [-0.39, 0.29) is 30.1 Å². The molecule has 6 heteroatoms. The van der Waals surface area contributed by atoms with Crippen LogP contribution < -0.4 is 9.47 Å². The maximum Gasteiger partial charge on any atom is 0.256 e. The number of carbonyl (C=O) groups is 2. The van der Waals surface area contributed by atoms with Crippen molar-refractivity contribution in [2.24, 2.45) is 0 Å². The average molecular weight is 387 g/mol. The van der Waals surface area contributed by atoms with E-state index >= 15 is 0 Å². The van der Waals surface area contributed by atoms with Crippen molar-refractivity contribution in [1.82, 2.24) is 0 Å². The SMILES string of the molecule is O=C(Cl)c1ccc(C(=O)Cl)c(OCC#CC#CCOc2ccccc2)c1. The molecule has 2 aromatic rings. The van der Waals surface area contributed by atoms with Crippen molar-refractivity contribution in [3.8, 4) is 35.2 Å². The number of ether oxygens (including phenoxy) is 2. The summed E-state index contributed by atoms with van der Waals surface area (Å²) in [5.41, 5.74) is 0.312. The molecule has 2 aromatic carbocycles. The number of benzene rings is 2. The van der Waals surface area contributed by atoms with Gasteiger partial charge in [0.05, 0.1) is 5.56 Å². The Morgan fingerprint density at radius 3 is 2.12 bits per heavy atom. The second-order valence-corrected chi connectivity index (χ2v) is 5.44. The number of hydrogen-bond donors (Lipinski definition) is 0. The first-order chi connectivity index (χ1) is 12.6. The minimum absolute atomic E-state index is 0.0364. The molecular formula is C20H12Cl2O4. The van der Waals surface area contributed by atoms with E-state index in [1.807, 2.05) is 30.3 Å². The largest absolute Gasteiger partial charge is 0.481 e. The van der Waals surface area contributed by atoms with E-state index in [0.29, 0.717) is 0 Å². The summed E-state index contributed by atoms with van der Waals surface area (Å²) in [7, 11) is 0. The van der Waals surface area contributed by atoms with Crippen molar-refractivity contribution in [2.45, 2.75) is 0 Å². The summed E-state index contributed by atoms with van der Waals surface area (Å²) in [6.07, 6.45) is 0. The Morgan fingerprint density at radius 1 is 0.846 bits per heavy atom. The highest BCUT2D eigenvalue weighted by Crippen LogP contribution is 2.23. The third kappa shape index (κ3) is 6.18. The second-order valence-electron chi connectivity index (χ2n) is 4.75. The van der Waals surface area contributed by atoms with E-state index < -0.39 is 10.5 Å². The van der Waals surface area contributed by atoms with Crippen LogP contribution in [-0.4, -0.2) is 23.7 Å². The van der Waals surface area contributed by atoms with Crippen molar-refractivity contribution in [3.05, 3.63) is 59.7 Å². The number of hydrogen-bond acceptors (Lipinski definition) is 4. The molecule has 2 rings (SSSR count). The Kier molecular flexibility index (Phi) is 7.58. The monoisotopic (exact) mass is 386 g/mol. The minimum atomic E-state index is -0.709.